The maximum atomic E-state index is 10.5. The molecule has 0 aromatic rings. The number of aliphatic carboxylic acids is 1. The van der Waals surface area contributed by atoms with Gasteiger partial charge in [-0.15, -0.1) is 0 Å². The van der Waals surface area contributed by atoms with Crippen molar-refractivity contribution in [2.24, 2.45) is 16.7 Å². The summed E-state index contributed by atoms with van der Waals surface area (Å²) in [6, 6.07) is 0. The van der Waals surface area contributed by atoms with Gasteiger partial charge in [0.25, 0.3) is 0 Å². The predicted molar refractivity (Wildman–Crippen MR) is 59.7 cm³/mol. The number of carbonyl (C=O) groups is 1. The van der Waals surface area contributed by atoms with Crippen molar-refractivity contribution in [3.8, 4) is 0 Å². The number of hydrogen-bond donors (Lipinski definition) is 1. The third kappa shape index (κ3) is 1.58. The fourth-order valence-electron chi connectivity index (χ4n) is 4.12. The third-order valence-corrected chi connectivity index (χ3v) is 5.38. The molecule has 0 unspecified atom stereocenters. The molecule has 0 aromatic heterocycles. The van der Waals surface area contributed by atoms with Crippen molar-refractivity contribution in [1.82, 2.24) is 0 Å². The van der Waals surface area contributed by atoms with E-state index in [0.29, 0.717) is 17.3 Å². The first-order valence-electron chi connectivity index (χ1n) is 6.20. The molecule has 0 aliphatic heterocycles. The first-order valence-corrected chi connectivity index (χ1v) is 6.20. The van der Waals surface area contributed by atoms with Gasteiger partial charge in [0, 0.05) is 6.42 Å². The molecule has 1 N–H and O–H groups in total. The molecule has 86 valence electrons. The van der Waals surface area contributed by atoms with Crippen molar-refractivity contribution in [3.63, 3.8) is 0 Å². The van der Waals surface area contributed by atoms with Crippen LogP contribution in [0.5, 0.6) is 0 Å². The van der Waals surface area contributed by atoms with E-state index in [-0.39, 0.29) is 0 Å². The molecule has 2 aliphatic carbocycles. The molecular formula is C13H22O2. The molecule has 0 atom stereocenters. The molecule has 0 amide bonds. The summed E-state index contributed by atoms with van der Waals surface area (Å²) >= 11 is 0. The van der Waals surface area contributed by atoms with E-state index in [1.807, 2.05) is 0 Å². The molecule has 2 fully saturated rings. The summed E-state index contributed by atoms with van der Waals surface area (Å²) in [7, 11) is 0. The Hall–Kier alpha value is -0.530. The number of fused-ring (bicyclic) bond motifs is 2. The predicted octanol–water partition coefficient (Wildman–Crippen LogP) is 3.46. The van der Waals surface area contributed by atoms with E-state index in [1.165, 1.54) is 25.7 Å². The SMILES string of the molecule is CC1(C)C2CCC1(CCCC(=O)O)CC2. The van der Waals surface area contributed by atoms with E-state index in [0.717, 1.165) is 18.8 Å². The van der Waals surface area contributed by atoms with Crippen molar-refractivity contribution in [3.05, 3.63) is 0 Å². The minimum atomic E-state index is -0.642. The molecule has 2 rings (SSSR count). The Kier molecular flexibility index (Phi) is 2.56. The fourth-order valence-corrected chi connectivity index (χ4v) is 4.12. The molecule has 2 nitrogen and oxygen atoms in total. The quantitative estimate of drug-likeness (QED) is 0.771. The number of rotatable bonds is 4. The van der Waals surface area contributed by atoms with Crippen LogP contribution in [0.4, 0.5) is 0 Å². The Morgan fingerprint density at radius 2 is 1.93 bits per heavy atom. The van der Waals surface area contributed by atoms with Crippen molar-refractivity contribution in [2.75, 3.05) is 0 Å². The second-order valence-electron chi connectivity index (χ2n) is 6.02. The zero-order valence-electron chi connectivity index (χ0n) is 9.88. The van der Waals surface area contributed by atoms with Gasteiger partial charge >= 0.3 is 5.97 Å². The van der Waals surface area contributed by atoms with Crippen LogP contribution in [0.2, 0.25) is 0 Å². The number of carboxylic acid groups (broad SMARTS) is 1. The first-order chi connectivity index (χ1) is 6.98. The second kappa shape index (κ2) is 3.50. The van der Waals surface area contributed by atoms with Crippen molar-refractivity contribution in [1.29, 1.82) is 0 Å². The normalized spacial score (nSPS) is 37.1. The lowest BCUT2D eigenvalue weighted by Crippen LogP contribution is -2.30. The molecule has 0 saturated heterocycles. The zero-order chi connectivity index (χ0) is 11.1. The molecular weight excluding hydrogens is 188 g/mol. The highest BCUT2D eigenvalue weighted by molar-refractivity contribution is 5.66. The highest BCUT2D eigenvalue weighted by atomic mass is 16.4. The summed E-state index contributed by atoms with van der Waals surface area (Å²) in [5.74, 6) is 0.263. The molecule has 2 heteroatoms. The molecule has 0 heterocycles. The first kappa shape index (κ1) is 11.0. The summed E-state index contributed by atoms with van der Waals surface area (Å²) < 4.78 is 0. The monoisotopic (exact) mass is 210 g/mol. The third-order valence-electron chi connectivity index (χ3n) is 5.38. The average Bonchev–Trinajstić information content (AvgIpc) is 2.52. The summed E-state index contributed by atoms with van der Waals surface area (Å²) in [5.41, 5.74) is 0.943. The molecule has 0 aromatic carbocycles. The van der Waals surface area contributed by atoms with E-state index in [4.69, 9.17) is 5.11 Å². The largest absolute Gasteiger partial charge is 0.481 e. The minimum Gasteiger partial charge on any atom is -0.481 e. The Bertz CT molecular complexity index is 260. The van der Waals surface area contributed by atoms with E-state index in [2.05, 4.69) is 13.8 Å². The highest BCUT2D eigenvalue weighted by Gasteiger charge is 2.57. The van der Waals surface area contributed by atoms with Crippen LogP contribution in [-0.4, -0.2) is 11.1 Å². The molecule has 0 radical (unpaired) electrons. The van der Waals surface area contributed by atoms with E-state index < -0.39 is 5.97 Å². The summed E-state index contributed by atoms with van der Waals surface area (Å²) in [6.07, 6.45) is 7.77. The summed E-state index contributed by atoms with van der Waals surface area (Å²) in [6.45, 7) is 4.80. The van der Waals surface area contributed by atoms with Crippen LogP contribution in [0, 0.1) is 16.7 Å². The number of hydrogen-bond acceptors (Lipinski definition) is 1. The van der Waals surface area contributed by atoms with Crippen LogP contribution in [0.1, 0.15) is 58.8 Å². The van der Waals surface area contributed by atoms with Crippen LogP contribution in [0.25, 0.3) is 0 Å². The lowest BCUT2D eigenvalue weighted by molar-refractivity contribution is -0.137. The van der Waals surface area contributed by atoms with Gasteiger partial charge in [0.15, 0.2) is 0 Å². The standard InChI is InChI=1S/C13H22O2/c1-12(2)10-5-8-13(12,9-6-10)7-3-4-11(14)15/h10H,3-9H2,1-2H3,(H,14,15). The number of carboxylic acids is 1. The van der Waals surface area contributed by atoms with E-state index >= 15 is 0 Å². The topological polar surface area (TPSA) is 37.3 Å². The van der Waals surface area contributed by atoms with Crippen LogP contribution >= 0.6 is 0 Å². The Morgan fingerprint density at radius 3 is 2.33 bits per heavy atom. The van der Waals surface area contributed by atoms with Gasteiger partial charge in [-0.25, -0.2) is 0 Å². The average molecular weight is 210 g/mol. The van der Waals surface area contributed by atoms with Gasteiger partial charge in [0.2, 0.25) is 0 Å². The van der Waals surface area contributed by atoms with Gasteiger partial charge in [0.1, 0.15) is 0 Å². The van der Waals surface area contributed by atoms with Crippen molar-refractivity contribution in [2.45, 2.75) is 58.8 Å². The zero-order valence-corrected chi connectivity index (χ0v) is 9.88. The van der Waals surface area contributed by atoms with Gasteiger partial charge in [-0.2, -0.15) is 0 Å². The van der Waals surface area contributed by atoms with Gasteiger partial charge in [0.05, 0.1) is 0 Å². The lowest BCUT2D eigenvalue weighted by Gasteiger charge is -2.38. The van der Waals surface area contributed by atoms with Gasteiger partial charge in [-0.3, -0.25) is 4.79 Å². The van der Waals surface area contributed by atoms with Gasteiger partial charge < -0.3 is 5.11 Å². The van der Waals surface area contributed by atoms with Crippen molar-refractivity contribution < 1.29 is 9.90 Å². The maximum absolute atomic E-state index is 10.5. The van der Waals surface area contributed by atoms with Gasteiger partial charge in [-0.1, -0.05) is 13.8 Å². The Balaban J connectivity index is 1.98. The molecule has 2 aliphatic rings. The van der Waals surface area contributed by atoms with Crippen molar-refractivity contribution >= 4 is 5.97 Å². The Morgan fingerprint density at radius 1 is 1.33 bits per heavy atom. The smallest absolute Gasteiger partial charge is 0.303 e. The molecule has 2 bridgehead atoms. The summed E-state index contributed by atoms with van der Waals surface area (Å²) in [4.78, 5) is 10.5. The van der Waals surface area contributed by atoms with Crippen LogP contribution in [0.3, 0.4) is 0 Å². The van der Waals surface area contributed by atoms with Crippen LogP contribution in [0.15, 0.2) is 0 Å². The molecule has 2 saturated carbocycles. The van der Waals surface area contributed by atoms with Crippen LogP contribution in [-0.2, 0) is 4.79 Å². The summed E-state index contributed by atoms with van der Waals surface area (Å²) in [5, 5.41) is 8.68. The molecule has 15 heavy (non-hydrogen) atoms. The fraction of sp³-hybridized carbons (Fsp3) is 0.923. The minimum absolute atomic E-state index is 0.350. The second-order valence-corrected chi connectivity index (χ2v) is 6.02. The van der Waals surface area contributed by atoms with Crippen LogP contribution < -0.4 is 0 Å². The van der Waals surface area contributed by atoms with Gasteiger partial charge in [-0.05, 0) is 55.3 Å². The Labute approximate surface area is 92.1 Å². The lowest BCUT2D eigenvalue weighted by atomic mass is 9.67. The van der Waals surface area contributed by atoms with E-state index in [9.17, 15) is 4.79 Å². The van der Waals surface area contributed by atoms with E-state index in [1.54, 1.807) is 0 Å². The molecule has 0 spiro atoms. The highest BCUT2D eigenvalue weighted by Crippen LogP contribution is 2.67. The maximum Gasteiger partial charge on any atom is 0.303 e.